The molecule has 1 heterocycles. The Morgan fingerprint density at radius 3 is 2.70 bits per heavy atom. The van der Waals surface area contributed by atoms with Crippen molar-refractivity contribution in [1.82, 2.24) is 4.98 Å². The van der Waals surface area contributed by atoms with Crippen LogP contribution in [-0.4, -0.2) is 30.5 Å². The fourth-order valence-electron chi connectivity index (χ4n) is 2.70. The van der Waals surface area contributed by atoms with E-state index in [9.17, 15) is 9.59 Å². The highest BCUT2D eigenvalue weighted by Crippen LogP contribution is 2.30. The first-order valence-corrected chi connectivity index (χ1v) is 10.3. The molecule has 2 N–H and O–H groups in total. The number of carbonyl (C=O) groups excluding carboxylic acids is 2. The highest BCUT2D eigenvalue weighted by Gasteiger charge is 2.08. The number of benzene rings is 2. The van der Waals surface area contributed by atoms with E-state index in [2.05, 4.69) is 15.6 Å². The molecule has 0 spiro atoms. The number of amides is 2. The van der Waals surface area contributed by atoms with E-state index < -0.39 is 0 Å². The molecule has 156 valence electrons. The van der Waals surface area contributed by atoms with Crippen molar-refractivity contribution in [2.75, 3.05) is 24.4 Å². The van der Waals surface area contributed by atoms with Gasteiger partial charge in [-0.15, -0.1) is 0 Å². The summed E-state index contributed by atoms with van der Waals surface area (Å²) in [5, 5.41) is 5.99. The van der Waals surface area contributed by atoms with E-state index in [4.69, 9.17) is 9.47 Å². The van der Waals surface area contributed by atoms with Gasteiger partial charge in [0.05, 0.1) is 23.9 Å². The maximum Gasteiger partial charge on any atom is 0.250 e. The van der Waals surface area contributed by atoms with Crippen LogP contribution in [0.5, 0.6) is 11.5 Å². The molecule has 8 heteroatoms. The molecule has 3 rings (SSSR count). The van der Waals surface area contributed by atoms with Crippen molar-refractivity contribution in [2.24, 2.45) is 0 Å². The minimum absolute atomic E-state index is 0.140. The number of aromatic nitrogens is 1. The lowest BCUT2D eigenvalue weighted by Gasteiger charge is -2.10. The van der Waals surface area contributed by atoms with Crippen molar-refractivity contribution in [3.05, 3.63) is 48.0 Å². The predicted octanol–water partition coefficient (Wildman–Crippen LogP) is 4.70. The molecule has 0 aliphatic rings. The Balaban J connectivity index is 1.67. The summed E-state index contributed by atoms with van der Waals surface area (Å²) in [5.41, 5.74) is 2.26. The molecule has 2 amide bonds. The Morgan fingerprint density at radius 2 is 1.97 bits per heavy atom. The van der Waals surface area contributed by atoms with E-state index in [1.807, 2.05) is 31.2 Å². The van der Waals surface area contributed by atoms with Crippen LogP contribution < -0.4 is 20.1 Å². The van der Waals surface area contributed by atoms with Gasteiger partial charge in [-0.25, -0.2) is 4.98 Å². The summed E-state index contributed by atoms with van der Waals surface area (Å²) < 4.78 is 11.9. The molecule has 0 bridgehead atoms. The van der Waals surface area contributed by atoms with Crippen LogP contribution in [0.1, 0.15) is 25.8 Å². The summed E-state index contributed by atoms with van der Waals surface area (Å²) in [6, 6.07) is 10.9. The zero-order chi connectivity index (χ0) is 21.5. The molecule has 0 saturated heterocycles. The lowest BCUT2D eigenvalue weighted by Crippen LogP contribution is -2.07. The normalized spacial score (nSPS) is 10.9. The van der Waals surface area contributed by atoms with Crippen LogP contribution in [0, 0.1) is 0 Å². The van der Waals surface area contributed by atoms with Crippen molar-refractivity contribution >= 4 is 50.3 Å². The molecule has 0 unspecified atom stereocenters. The monoisotopic (exact) mass is 425 g/mol. The van der Waals surface area contributed by atoms with Gasteiger partial charge in [-0.2, -0.15) is 0 Å². The second kappa shape index (κ2) is 9.89. The number of hydrogen-bond acceptors (Lipinski definition) is 6. The van der Waals surface area contributed by atoms with E-state index in [1.54, 1.807) is 25.3 Å². The topological polar surface area (TPSA) is 89.5 Å². The van der Waals surface area contributed by atoms with E-state index in [0.29, 0.717) is 28.9 Å². The number of hydrogen-bond donors (Lipinski definition) is 2. The molecule has 0 aliphatic heterocycles. The number of methoxy groups -OCH3 is 1. The lowest BCUT2D eigenvalue weighted by molar-refractivity contribution is -0.114. The van der Waals surface area contributed by atoms with Gasteiger partial charge >= 0.3 is 0 Å². The van der Waals surface area contributed by atoms with E-state index in [-0.39, 0.29) is 11.8 Å². The molecule has 7 nitrogen and oxygen atoms in total. The minimum atomic E-state index is -0.290. The Morgan fingerprint density at radius 1 is 1.13 bits per heavy atom. The summed E-state index contributed by atoms with van der Waals surface area (Å²) in [5.74, 6) is 0.863. The summed E-state index contributed by atoms with van der Waals surface area (Å²) in [4.78, 5) is 27.9. The van der Waals surface area contributed by atoms with Crippen molar-refractivity contribution in [2.45, 2.75) is 20.3 Å². The summed E-state index contributed by atoms with van der Waals surface area (Å²) >= 11 is 1.34. The predicted molar refractivity (Wildman–Crippen MR) is 120 cm³/mol. The number of nitrogens with one attached hydrogen (secondary N) is 2. The van der Waals surface area contributed by atoms with Crippen molar-refractivity contribution in [3.63, 3.8) is 0 Å². The third-order valence-corrected chi connectivity index (χ3v) is 4.95. The van der Waals surface area contributed by atoms with Gasteiger partial charge in [-0.3, -0.25) is 14.9 Å². The number of fused-ring (bicyclic) bond motifs is 1. The van der Waals surface area contributed by atoms with Crippen LogP contribution in [0.25, 0.3) is 16.3 Å². The Labute approximate surface area is 178 Å². The second-order valence-corrected chi connectivity index (χ2v) is 7.49. The second-order valence-electron chi connectivity index (χ2n) is 6.46. The molecule has 1 aromatic heterocycles. The SMILES string of the molecule is CCCOc1ccc(/C=C/C(=O)Nc2nc3ccc(NC(C)=O)cc3s2)cc1OC. The minimum Gasteiger partial charge on any atom is -0.493 e. The number of anilines is 2. The first-order valence-electron chi connectivity index (χ1n) is 9.46. The quantitative estimate of drug-likeness (QED) is 0.511. The molecule has 0 fully saturated rings. The first-order chi connectivity index (χ1) is 14.5. The fourth-order valence-corrected chi connectivity index (χ4v) is 3.61. The van der Waals surface area contributed by atoms with Gasteiger partial charge in [-0.05, 0) is 48.4 Å². The zero-order valence-corrected chi connectivity index (χ0v) is 17.8. The Hall–Kier alpha value is -3.39. The molecular formula is C22H23N3O4S. The molecule has 0 atom stereocenters. The third-order valence-electron chi connectivity index (χ3n) is 4.02. The highest BCUT2D eigenvalue weighted by atomic mass is 32.1. The summed E-state index contributed by atoms with van der Waals surface area (Å²) in [6.45, 7) is 4.11. The van der Waals surface area contributed by atoms with Crippen LogP contribution in [0.2, 0.25) is 0 Å². The third kappa shape index (κ3) is 5.57. The van der Waals surface area contributed by atoms with Crippen LogP contribution in [0.3, 0.4) is 0 Å². The average Bonchev–Trinajstić information content (AvgIpc) is 3.11. The standard InChI is InChI=1S/C22H23N3O4S/c1-4-11-29-18-9-5-15(12-19(18)28-3)6-10-21(27)25-22-24-17-8-7-16(23-14(2)26)13-20(17)30-22/h5-10,12-13H,4,11H2,1-3H3,(H,23,26)(H,24,25,27)/b10-6+. The van der Waals surface area contributed by atoms with Gasteiger partial charge < -0.3 is 14.8 Å². The largest absolute Gasteiger partial charge is 0.493 e. The molecule has 3 aromatic rings. The van der Waals surface area contributed by atoms with Crippen molar-refractivity contribution < 1.29 is 19.1 Å². The average molecular weight is 426 g/mol. The zero-order valence-electron chi connectivity index (χ0n) is 17.0. The van der Waals surface area contributed by atoms with Gasteiger partial charge in [0, 0.05) is 18.7 Å². The summed E-state index contributed by atoms with van der Waals surface area (Å²) in [7, 11) is 1.58. The number of rotatable bonds is 8. The molecule has 0 aliphatic carbocycles. The smallest absolute Gasteiger partial charge is 0.250 e. The van der Waals surface area contributed by atoms with Gasteiger partial charge in [0.15, 0.2) is 16.6 Å². The lowest BCUT2D eigenvalue weighted by atomic mass is 10.2. The van der Waals surface area contributed by atoms with E-state index >= 15 is 0 Å². The first kappa shape index (κ1) is 21.3. The number of ether oxygens (including phenoxy) is 2. The van der Waals surface area contributed by atoms with E-state index in [1.165, 1.54) is 24.3 Å². The van der Waals surface area contributed by atoms with Gasteiger partial charge in [0.2, 0.25) is 11.8 Å². The van der Waals surface area contributed by atoms with Gasteiger partial charge in [0.1, 0.15) is 0 Å². The van der Waals surface area contributed by atoms with Crippen molar-refractivity contribution in [1.29, 1.82) is 0 Å². The molecule has 30 heavy (non-hydrogen) atoms. The molecule has 0 saturated carbocycles. The van der Waals surface area contributed by atoms with Crippen LogP contribution in [0.15, 0.2) is 42.5 Å². The maximum atomic E-state index is 12.3. The number of nitrogens with zero attached hydrogens (tertiary/aromatic N) is 1. The maximum absolute atomic E-state index is 12.3. The van der Waals surface area contributed by atoms with Crippen LogP contribution >= 0.6 is 11.3 Å². The van der Waals surface area contributed by atoms with E-state index in [0.717, 1.165) is 22.2 Å². The van der Waals surface area contributed by atoms with Crippen LogP contribution in [-0.2, 0) is 9.59 Å². The summed E-state index contributed by atoms with van der Waals surface area (Å²) in [6.07, 6.45) is 4.05. The molecule has 0 radical (unpaired) electrons. The highest BCUT2D eigenvalue weighted by molar-refractivity contribution is 7.22. The fraction of sp³-hybridized carbons (Fsp3) is 0.227. The van der Waals surface area contributed by atoms with Crippen LogP contribution in [0.4, 0.5) is 10.8 Å². The number of carbonyl (C=O) groups is 2. The van der Waals surface area contributed by atoms with Gasteiger partial charge in [0.25, 0.3) is 0 Å². The van der Waals surface area contributed by atoms with Gasteiger partial charge in [-0.1, -0.05) is 24.3 Å². The Bertz CT molecular complexity index is 1090. The molecule has 2 aromatic carbocycles. The Kier molecular flexibility index (Phi) is 7.03. The van der Waals surface area contributed by atoms with Crippen molar-refractivity contribution in [3.8, 4) is 11.5 Å². The number of thiazole rings is 1. The molecular weight excluding hydrogens is 402 g/mol.